The topological polar surface area (TPSA) is 94.5 Å². The Morgan fingerprint density at radius 2 is 1.82 bits per heavy atom. The lowest BCUT2D eigenvalue weighted by molar-refractivity contribution is -0.130. The highest BCUT2D eigenvalue weighted by molar-refractivity contribution is 5.85. The molecule has 0 aromatic carbocycles. The molecule has 0 radical (unpaired) electrons. The second-order valence-electron chi connectivity index (χ2n) is 9.32. The Hall–Kier alpha value is -1.52. The lowest BCUT2D eigenvalue weighted by Gasteiger charge is -2.23. The van der Waals surface area contributed by atoms with Crippen molar-refractivity contribution in [2.75, 3.05) is 13.1 Å². The van der Waals surface area contributed by atoms with E-state index in [4.69, 9.17) is 10.00 Å². The molecule has 2 unspecified atom stereocenters. The third-order valence-corrected chi connectivity index (χ3v) is 5.99. The molecule has 2 saturated carbocycles. The molecule has 8 heteroatoms. The fourth-order valence-corrected chi connectivity index (χ4v) is 4.84. The lowest BCUT2D eigenvalue weighted by Crippen LogP contribution is -2.43. The molecule has 3 aliphatic rings. The number of ether oxygens (including phenoxy) is 1. The molecule has 0 aromatic heterocycles. The van der Waals surface area contributed by atoms with Gasteiger partial charge in [0.15, 0.2) is 0 Å². The molecule has 0 aromatic rings. The van der Waals surface area contributed by atoms with Crippen LogP contribution in [-0.4, -0.2) is 53.7 Å². The minimum Gasteiger partial charge on any atom is -0.446 e. The number of carbonyl (C=O) groups is 2. The van der Waals surface area contributed by atoms with Crippen molar-refractivity contribution in [2.45, 2.75) is 83.0 Å². The SMILES string of the molecule is CC(C)(C)NC(=O)OC1C[C@H]2CC(NCC(=O)N3CCC[C@H]3C#N)C[C@H]2C1.Cl. The molecule has 158 valence electrons. The number of nitrogens with one attached hydrogen (secondary N) is 2. The van der Waals surface area contributed by atoms with Gasteiger partial charge in [-0.3, -0.25) is 4.79 Å². The fraction of sp³-hybridized carbons (Fsp3) is 0.850. The van der Waals surface area contributed by atoms with Crippen LogP contribution in [0.2, 0.25) is 0 Å². The first-order chi connectivity index (χ1) is 12.7. The zero-order chi connectivity index (χ0) is 19.6. The molecule has 2 aliphatic carbocycles. The molecular formula is C20H33ClN4O3. The first-order valence-corrected chi connectivity index (χ1v) is 10.2. The van der Waals surface area contributed by atoms with E-state index in [2.05, 4.69) is 16.7 Å². The Kier molecular flexibility index (Phi) is 7.58. The highest BCUT2D eigenvalue weighted by Gasteiger charge is 2.43. The van der Waals surface area contributed by atoms with Gasteiger partial charge >= 0.3 is 6.09 Å². The van der Waals surface area contributed by atoms with E-state index in [1.54, 1.807) is 4.90 Å². The van der Waals surface area contributed by atoms with Crippen molar-refractivity contribution < 1.29 is 14.3 Å². The first-order valence-electron chi connectivity index (χ1n) is 10.2. The van der Waals surface area contributed by atoms with Crippen molar-refractivity contribution in [3.63, 3.8) is 0 Å². The first kappa shape index (κ1) is 22.8. The number of nitriles is 1. The van der Waals surface area contributed by atoms with E-state index < -0.39 is 0 Å². The Morgan fingerprint density at radius 3 is 2.39 bits per heavy atom. The van der Waals surface area contributed by atoms with E-state index in [1.807, 2.05) is 20.8 Å². The van der Waals surface area contributed by atoms with Crippen molar-refractivity contribution in [2.24, 2.45) is 11.8 Å². The van der Waals surface area contributed by atoms with Crippen LogP contribution in [0.25, 0.3) is 0 Å². The van der Waals surface area contributed by atoms with Crippen molar-refractivity contribution in [1.82, 2.24) is 15.5 Å². The van der Waals surface area contributed by atoms with E-state index in [9.17, 15) is 9.59 Å². The van der Waals surface area contributed by atoms with Crippen LogP contribution >= 0.6 is 12.4 Å². The number of hydrogen-bond acceptors (Lipinski definition) is 5. The fourth-order valence-electron chi connectivity index (χ4n) is 4.84. The normalized spacial score (nSPS) is 31.6. The van der Waals surface area contributed by atoms with E-state index in [0.717, 1.165) is 38.5 Å². The van der Waals surface area contributed by atoms with Crippen LogP contribution in [0, 0.1) is 23.2 Å². The summed E-state index contributed by atoms with van der Waals surface area (Å²) in [5.74, 6) is 1.16. The summed E-state index contributed by atoms with van der Waals surface area (Å²) in [5.41, 5.74) is -0.285. The number of alkyl carbamates (subject to hydrolysis) is 1. The van der Waals surface area contributed by atoms with Crippen molar-refractivity contribution >= 4 is 24.4 Å². The summed E-state index contributed by atoms with van der Waals surface area (Å²) in [6.45, 7) is 6.84. The van der Waals surface area contributed by atoms with E-state index in [0.29, 0.717) is 31.0 Å². The summed E-state index contributed by atoms with van der Waals surface area (Å²) in [6, 6.07) is 2.31. The molecule has 1 heterocycles. The summed E-state index contributed by atoms with van der Waals surface area (Å²) < 4.78 is 5.59. The molecule has 5 atom stereocenters. The van der Waals surface area contributed by atoms with Crippen molar-refractivity contribution in [1.29, 1.82) is 5.26 Å². The van der Waals surface area contributed by atoms with Crippen molar-refractivity contribution in [3.05, 3.63) is 0 Å². The molecule has 7 nitrogen and oxygen atoms in total. The van der Waals surface area contributed by atoms with Gasteiger partial charge in [0.1, 0.15) is 12.1 Å². The van der Waals surface area contributed by atoms with E-state index in [1.165, 1.54) is 0 Å². The molecule has 1 aliphatic heterocycles. The van der Waals surface area contributed by atoms with Gasteiger partial charge in [0.05, 0.1) is 12.6 Å². The lowest BCUT2D eigenvalue weighted by atomic mass is 10.0. The predicted octanol–water partition coefficient (Wildman–Crippen LogP) is 2.59. The molecule has 3 rings (SSSR count). The zero-order valence-corrected chi connectivity index (χ0v) is 17.9. The molecule has 28 heavy (non-hydrogen) atoms. The van der Waals surface area contributed by atoms with Crippen LogP contribution in [-0.2, 0) is 9.53 Å². The van der Waals surface area contributed by atoms with Crippen LogP contribution in [0.4, 0.5) is 4.79 Å². The summed E-state index contributed by atoms with van der Waals surface area (Å²) >= 11 is 0. The summed E-state index contributed by atoms with van der Waals surface area (Å²) in [4.78, 5) is 26.0. The van der Waals surface area contributed by atoms with Gasteiger partial charge in [0, 0.05) is 18.1 Å². The van der Waals surface area contributed by atoms with Gasteiger partial charge in [-0.1, -0.05) is 0 Å². The molecule has 2 amide bonds. The van der Waals surface area contributed by atoms with Crippen LogP contribution in [0.3, 0.4) is 0 Å². The third kappa shape index (κ3) is 5.74. The van der Waals surface area contributed by atoms with Gasteiger partial charge in [0.2, 0.25) is 5.91 Å². The number of hydrogen-bond donors (Lipinski definition) is 2. The molecule has 0 spiro atoms. The van der Waals surface area contributed by atoms with Crippen LogP contribution in [0.15, 0.2) is 0 Å². The van der Waals surface area contributed by atoms with Crippen molar-refractivity contribution in [3.8, 4) is 6.07 Å². The Bertz CT molecular complexity index is 602. The van der Waals surface area contributed by atoms with Gasteiger partial charge in [-0.05, 0) is 71.1 Å². The maximum Gasteiger partial charge on any atom is 0.407 e. The smallest absolute Gasteiger partial charge is 0.407 e. The van der Waals surface area contributed by atoms with Gasteiger partial charge in [-0.2, -0.15) is 5.26 Å². The zero-order valence-electron chi connectivity index (χ0n) is 17.1. The van der Waals surface area contributed by atoms with Crippen LogP contribution in [0.1, 0.15) is 59.3 Å². The molecule has 3 fully saturated rings. The third-order valence-electron chi connectivity index (χ3n) is 5.99. The number of likely N-dealkylation sites (tertiary alicyclic amines) is 1. The summed E-state index contributed by atoms with van der Waals surface area (Å²) in [7, 11) is 0. The highest BCUT2D eigenvalue weighted by Crippen LogP contribution is 2.45. The van der Waals surface area contributed by atoms with Crippen LogP contribution < -0.4 is 10.6 Å². The Labute approximate surface area is 173 Å². The molecule has 0 bridgehead atoms. The second kappa shape index (κ2) is 9.32. The van der Waals surface area contributed by atoms with Gasteiger partial charge in [0.25, 0.3) is 0 Å². The minimum absolute atomic E-state index is 0. The van der Waals surface area contributed by atoms with E-state index in [-0.39, 0.29) is 42.1 Å². The Morgan fingerprint density at radius 1 is 1.18 bits per heavy atom. The largest absolute Gasteiger partial charge is 0.446 e. The van der Waals surface area contributed by atoms with Gasteiger partial charge < -0.3 is 20.3 Å². The number of halogens is 1. The van der Waals surface area contributed by atoms with Gasteiger partial charge in [-0.25, -0.2) is 4.79 Å². The monoisotopic (exact) mass is 412 g/mol. The van der Waals surface area contributed by atoms with Gasteiger partial charge in [-0.15, -0.1) is 12.4 Å². The predicted molar refractivity (Wildman–Crippen MR) is 108 cm³/mol. The molecule has 1 saturated heterocycles. The highest BCUT2D eigenvalue weighted by atomic mass is 35.5. The average molecular weight is 413 g/mol. The number of rotatable bonds is 4. The summed E-state index contributed by atoms with van der Waals surface area (Å²) in [6.07, 6.45) is 5.27. The number of carbonyl (C=O) groups excluding carboxylic acids is 2. The molecule has 2 N–H and O–H groups in total. The van der Waals surface area contributed by atoms with Crippen LogP contribution in [0.5, 0.6) is 0 Å². The number of amides is 2. The summed E-state index contributed by atoms with van der Waals surface area (Å²) in [5, 5.41) is 15.4. The number of nitrogens with zero attached hydrogens (tertiary/aromatic N) is 2. The standard InChI is InChI=1S/C20H32N4O3.ClH/c1-20(2,3)23-19(26)27-17-9-13-7-15(8-14(13)10-17)22-12-18(25)24-6-4-5-16(24)11-21;/h13-17,22H,4-10,12H2,1-3H3,(H,23,26);1H/t13-,14+,15?,16-,17?;/m0./s1. The number of fused-ring (bicyclic) bond motifs is 1. The maximum atomic E-state index is 12.4. The minimum atomic E-state index is -0.328. The second-order valence-corrected chi connectivity index (χ2v) is 9.32. The molecular weight excluding hydrogens is 380 g/mol. The quantitative estimate of drug-likeness (QED) is 0.740. The maximum absolute atomic E-state index is 12.4. The van der Waals surface area contributed by atoms with E-state index >= 15 is 0 Å². The Balaban J connectivity index is 0.00000280. The average Bonchev–Trinajstić information content (AvgIpc) is 3.24.